The van der Waals surface area contributed by atoms with Gasteiger partial charge in [-0.15, -0.1) is 0 Å². The van der Waals surface area contributed by atoms with Crippen molar-refractivity contribution in [1.29, 1.82) is 0 Å². The quantitative estimate of drug-likeness (QED) is 0.406. The molecule has 8 nitrogen and oxygen atoms in total. The van der Waals surface area contributed by atoms with E-state index in [0.29, 0.717) is 0 Å². The third kappa shape index (κ3) is 570. The van der Waals surface area contributed by atoms with E-state index < -0.39 is 23.9 Å². The lowest BCUT2D eigenvalue weighted by Crippen LogP contribution is -1.78. The number of hydrogen-bond acceptors (Lipinski definition) is 4. The fraction of sp³-hybridized carbons (Fsp3) is 0.500. The van der Waals surface area contributed by atoms with Gasteiger partial charge in [-0.1, -0.05) is 0 Å². The lowest BCUT2D eigenvalue weighted by Gasteiger charge is -1.59. The van der Waals surface area contributed by atoms with E-state index in [1.54, 1.807) is 0 Å². The Kier molecular flexibility index (Phi) is 41.1. The van der Waals surface area contributed by atoms with E-state index in [1.807, 2.05) is 0 Å². The van der Waals surface area contributed by atoms with E-state index in [4.69, 9.17) is 39.6 Å². The fourth-order valence-corrected chi connectivity index (χ4v) is 0. The molecular formula is C8H20O8Si. The van der Waals surface area contributed by atoms with Gasteiger partial charge >= 0.3 is 0 Å². The van der Waals surface area contributed by atoms with Gasteiger partial charge in [-0.25, -0.2) is 0 Å². The van der Waals surface area contributed by atoms with Crippen LogP contribution in [-0.2, 0) is 19.2 Å². The van der Waals surface area contributed by atoms with Gasteiger partial charge in [0.1, 0.15) is 0 Å². The Morgan fingerprint density at radius 1 is 0.529 bits per heavy atom. The summed E-state index contributed by atoms with van der Waals surface area (Å²) in [5.74, 6) is -3.33. The summed E-state index contributed by atoms with van der Waals surface area (Å²) in [7, 11) is 0. The summed E-state index contributed by atoms with van der Waals surface area (Å²) < 4.78 is 0. The third-order valence-electron chi connectivity index (χ3n) is 0. The molecule has 9 heteroatoms. The largest absolute Gasteiger partial charge is 0.481 e. The minimum Gasteiger partial charge on any atom is -0.481 e. The predicted molar refractivity (Wildman–Crippen MR) is 64.6 cm³/mol. The molecule has 104 valence electrons. The molecule has 0 amide bonds. The minimum atomic E-state index is -0.833. The maximum absolute atomic E-state index is 9.00. The number of carboxylic acid groups (broad SMARTS) is 4. The van der Waals surface area contributed by atoms with Crippen LogP contribution in [-0.4, -0.2) is 55.3 Å². The Bertz CT molecular complexity index is 162. The zero-order valence-electron chi connectivity index (χ0n) is 9.42. The second kappa shape index (κ2) is 23.7. The molecule has 0 radical (unpaired) electrons. The van der Waals surface area contributed by atoms with Crippen LogP contribution in [0.4, 0.5) is 0 Å². The zero-order valence-corrected chi connectivity index (χ0v) is 9.42. The number of carbonyl (C=O) groups is 4. The molecule has 0 aliphatic carbocycles. The number of hydrogen-bond donors (Lipinski definition) is 4. The van der Waals surface area contributed by atoms with E-state index in [9.17, 15) is 0 Å². The summed E-state index contributed by atoms with van der Waals surface area (Å²) in [6, 6.07) is 0. The van der Waals surface area contributed by atoms with Crippen molar-refractivity contribution in [2.75, 3.05) is 0 Å². The lowest BCUT2D eigenvalue weighted by atomic mass is 10.9. The summed E-state index contributed by atoms with van der Waals surface area (Å²) in [5.41, 5.74) is 0. The van der Waals surface area contributed by atoms with E-state index in [2.05, 4.69) is 0 Å². The molecule has 0 aromatic rings. The Balaban J connectivity index is -0.0000000369. The molecule has 4 N–H and O–H groups in total. The normalized spacial score (nSPS) is 5.88. The lowest BCUT2D eigenvalue weighted by molar-refractivity contribution is -0.135. The van der Waals surface area contributed by atoms with Crippen LogP contribution in [0.15, 0.2) is 0 Å². The smallest absolute Gasteiger partial charge is 0.300 e. The van der Waals surface area contributed by atoms with Gasteiger partial charge in [0.2, 0.25) is 0 Å². The monoisotopic (exact) mass is 272 g/mol. The van der Waals surface area contributed by atoms with Crippen molar-refractivity contribution in [3.8, 4) is 0 Å². The summed E-state index contributed by atoms with van der Waals surface area (Å²) >= 11 is 0. The molecule has 0 aliphatic heterocycles. The minimum absolute atomic E-state index is 0. The van der Waals surface area contributed by atoms with E-state index in [1.165, 1.54) is 0 Å². The fourth-order valence-electron chi connectivity index (χ4n) is 0. The average Bonchev–Trinajstić information content (AvgIpc) is 1.76. The van der Waals surface area contributed by atoms with Crippen molar-refractivity contribution in [2.45, 2.75) is 27.7 Å². The average molecular weight is 272 g/mol. The van der Waals surface area contributed by atoms with Crippen LogP contribution in [0.25, 0.3) is 0 Å². The van der Waals surface area contributed by atoms with Gasteiger partial charge in [0.05, 0.1) is 0 Å². The van der Waals surface area contributed by atoms with Gasteiger partial charge in [-0.2, -0.15) is 0 Å². The highest BCUT2D eigenvalue weighted by Crippen LogP contribution is 1.43. The number of carboxylic acids is 4. The molecule has 0 aromatic heterocycles. The first-order valence-electron chi connectivity index (χ1n) is 3.71. The van der Waals surface area contributed by atoms with Crippen molar-refractivity contribution in [3.05, 3.63) is 0 Å². The van der Waals surface area contributed by atoms with Crippen molar-refractivity contribution >= 4 is 34.8 Å². The van der Waals surface area contributed by atoms with Crippen LogP contribution < -0.4 is 0 Å². The van der Waals surface area contributed by atoms with Gasteiger partial charge in [0, 0.05) is 27.7 Å². The summed E-state index contributed by atoms with van der Waals surface area (Å²) in [4.78, 5) is 36.0. The van der Waals surface area contributed by atoms with Crippen LogP contribution in [0.2, 0.25) is 0 Å². The maximum atomic E-state index is 9.00. The van der Waals surface area contributed by atoms with Gasteiger partial charge in [0.15, 0.2) is 0 Å². The molecule has 0 spiro atoms. The molecule has 0 fully saturated rings. The highest BCUT2D eigenvalue weighted by Gasteiger charge is 1.66. The van der Waals surface area contributed by atoms with E-state index in [-0.39, 0.29) is 11.0 Å². The van der Waals surface area contributed by atoms with Crippen LogP contribution in [0.5, 0.6) is 0 Å². The molecule has 0 unspecified atom stereocenters. The molecule has 0 bridgehead atoms. The molecule has 0 atom stereocenters. The van der Waals surface area contributed by atoms with E-state index in [0.717, 1.165) is 27.7 Å². The third-order valence-corrected chi connectivity index (χ3v) is 0. The second-order valence-electron chi connectivity index (χ2n) is 2.08. The SMILES string of the molecule is CC(=O)O.CC(=O)O.CC(=O)O.CC(=O)O.[SiH4]. The van der Waals surface area contributed by atoms with Gasteiger partial charge in [-0.3, -0.25) is 19.2 Å². The first-order chi connectivity index (χ1) is 6.93. The number of rotatable bonds is 0. The van der Waals surface area contributed by atoms with Crippen LogP contribution in [0.1, 0.15) is 27.7 Å². The molecular weight excluding hydrogens is 252 g/mol. The van der Waals surface area contributed by atoms with Gasteiger partial charge in [-0.05, 0) is 11.0 Å². The Morgan fingerprint density at radius 2 is 0.529 bits per heavy atom. The first-order valence-corrected chi connectivity index (χ1v) is 3.71. The summed E-state index contributed by atoms with van der Waals surface area (Å²) in [5, 5.41) is 29.7. The predicted octanol–water partition coefficient (Wildman–Crippen LogP) is -1.09. The summed E-state index contributed by atoms with van der Waals surface area (Å²) in [6.07, 6.45) is 0. The summed E-state index contributed by atoms with van der Waals surface area (Å²) in [6.45, 7) is 4.33. The molecule has 0 saturated carbocycles. The number of aliphatic carboxylic acids is 4. The van der Waals surface area contributed by atoms with E-state index >= 15 is 0 Å². The van der Waals surface area contributed by atoms with Crippen molar-refractivity contribution < 1.29 is 39.6 Å². The molecule has 17 heavy (non-hydrogen) atoms. The Labute approximate surface area is 103 Å². The molecule has 0 aromatic carbocycles. The zero-order chi connectivity index (χ0) is 14.3. The first kappa shape index (κ1) is 29.4. The van der Waals surface area contributed by atoms with Gasteiger partial charge < -0.3 is 20.4 Å². The van der Waals surface area contributed by atoms with Crippen molar-refractivity contribution in [2.24, 2.45) is 0 Å². The van der Waals surface area contributed by atoms with Crippen LogP contribution in [0, 0.1) is 0 Å². The Morgan fingerprint density at radius 3 is 0.529 bits per heavy atom. The second-order valence-corrected chi connectivity index (χ2v) is 2.08. The maximum Gasteiger partial charge on any atom is 0.300 e. The highest BCUT2D eigenvalue weighted by molar-refractivity contribution is 5.75. The molecule has 0 saturated heterocycles. The van der Waals surface area contributed by atoms with Crippen molar-refractivity contribution in [3.63, 3.8) is 0 Å². The molecule has 0 rings (SSSR count). The van der Waals surface area contributed by atoms with Crippen LogP contribution in [0.3, 0.4) is 0 Å². The topological polar surface area (TPSA) is 149 Å². The van der Waals surface area contributed by atoms with Crippen molar-refractivity contribution in [1.82, 2.24) is 0 Å². The van der Waals surface area contributed by atoms with Gasteiger partial charge in [0.25, 0.3) is 23.9 Å². The molecule has 0 aliphatic rings. The standard InChI is InChI=1S/4C2H4O2.H4Si/c4*1-2(3)4;/h4*1H3,(H,3,4);1H4. The Hall–Kier alpha value is -1.90. The van der Waals surface area contributed by atoms with Crippen LogP contribution >= 0.6 is 0 Å². The highest BCUT2D eigenvalue weighted by atomic mass is 28.1. The molecule has 0 heterocycles.